The summed E-state index contributed by atoms with van der Waals surface area (Å²) < 4.78 is 5.67. The molecular weight excluding hydrogens is 240 g/mol. The quantitative estimate of drug-likeness (QED) is 0.628. The lowest BCUT2D eigenvalue weighted by molar-refractivity contribution is -0.153. The number of aliphatic hydroxyl groups excluding tert-OH is 1. The first-order chi connectivity index (χ1) is 8.96. The molecule has 0 saturated heterocycles. The predicted molar refractivity (Wildman–Crippen MR) is 74.6 cm³/mol. The monoisotopic (exact) mass is 266 g/mol. The summed E-state index contributed by atoms with van der Waals surface area (Å²) in [4.78, 5) is 12.3. The highest BCUT2D eigenvalue weighted by Gasteiger charge is 2.61. The minimum atomic E-state index is -0.0381. The lowest BCUT2D eigenvalue weighted by Crippen LogP contribution is -2.23. The molecule has 2 unspecified atom stereocenters. The van der Waals surface area contributed by atoms with Crippen molar-refractivity contribution in [1.82, 2.24) is 0 Å². The molecule has 19 heavy (non-hydrogen) atoms. The lowest BCUT2D eigenvalue weighted by atomic mass is 9.98. The molecule has 1 N–H and O–H groups in total. The molecule has 2 fully saturated rings. The molecule has 0 spiro atoms. The van der Waals surface area contributed by atoms with Crippen LogP contribution in [0.25, 0.3) is 0 Å². The first kappa shape index (κ1) is 14.6. The lowest BCUT2D eigenvalue weighted by Gasteiger charge is -2.22. The van der Waals surface area contributed by atoms with Crippen molar-refractivity contribution in [3.8, 4) is 0 Å². The van der Waals surface area contributed by atoms with Crippen LogP contribution in [-0.2, 0) is 9.53 Å². The SMILES string of the molecule is CC(=CC1C(C(=O)OC2CCCCC2)C1(C)C)CO. The minimum Gasteiger partial charge on any atom is -0.462 e. The van der Waals surface area contributed by atoms with Crippen molar-refractivity contribution < 1.29 is 14.6 Å². The average Bonchev–Trinajstić information content (AvgIpc) is 2.91. The first-order valence-corrected chi connectivity index (χ1v) is 7.45. The van der Waals surface area contributed by atoms with Gasteiger partial charge in [0.05, 0.1) is 12.5 Å². The molecule has 0 aromatic heterocycles. The fraction of sp³-hybridized carbons (Fsp3) is 0.812. The predicted octanol–water partition coefficient (Wildman–Crippen LogP) is 3.07. The topological polar surface area (TPSA) is 46.5 Å². The van der Waals surface area contributed by atoms with Gasteiger partial charge in [0.1, 0.15) is 6.10 Å². The maximum Gasteiger partial charge on any atom is 0.310 e. The third kappa shape index (κ3) is 3.19. The molecule has 2 aliphatic carbocycles. The highest BCUT2D eigenvalue weighted by atomic mass is 16.5. The summed E-state index contributed by atoms with van der Waals surface area (Å²) in [6, 6.07) is 0. The van der Waals surface area contributed by atoms with Crippen LogP contribution in [0.4, 0.5) is 0 Å². The Morgan fingerprint density at radius 3 is 2.53 bits per heavy atom. The van der Waals surface area contributed by atoms with Gasteiger partial charge < -0.3 is 9.84 Å². The summed E-state index contributed by atoms with van der Waals surface area (Å²) >= 11 is 0. The number of carbonyl (C=O) groups is 1. The Balaban J connectivity index is 1.92. The van der Waals surface area contributed by atoms with Gasteiger partial charge in [-0.05, 0) is 43.9 Å². The van der Waals surface area contributed by atoms with E-state index in [-0.39, 0.29) is 35.9 Å². The highest BCUT2D eigenvalue weighted by molar-refractivity contribution is 5.78. The van der Waals surface area contributed by atoms with Crippen molar-refractivity contribution in [2.75, 3.05) is 6.61 Å². The molecule has 0 heterocycles. The average molecular weight is 266 g/mol. The van der Waals surface area contributed by atoms with Crippen LogP contribution < -0.4 is 0 Å². The van der Waals surface area contributed by atoms with Crippen LogP contribution in [0.3, 0.4) is 0 Å². The van der Waals surface area contributed by atoms with Gasteiger partial charge in [-0.1, -0.05) is 31.9 Å². The highest BCUT2D eigenvalue weighted by Crippen LogP contribution is 2.60. The van der Waals surface area contributed by atoms with Crippen LogP contribution in [0, 0.1) is 17.3 Å². The molecule has 0 bridgehead atoms. The maximum atomic E-state index is 12.3. The van der Waals surface area contributed by atoms with Gasteiger partial charge in [0.25, 0.3) is 0 Å². The van der Waals surface area contributed by atoms with Crippen molar-refractivity contribution >= 4 is 5.97 Å². The maximum absolute atomic E-state index is 12.3. The summed E-state index contributed by atoms with van der Waals surface area (Å²) in [5.74, 6) is 0.149. The normalized spacial score (nSPS) is 31.1. The van der Waals surface area contributed by atoms with E-state index in [9.17, 15) is 4.79 Å². The molecule has 3 nitrogen and oxygen atoms in total. The van der Waals surface area contributed by atoms with E-state index in [0.29, 0.717) is 0 Å². The van der Waals surface area contributed by atoms with Gasteiger partial charge >= 0.3 is 5.97 Å². The Morgan fingerprint density at radius 2 is 1.95 bits per heavy atom. The van der Waals surface area contributed by atoms with Gasteiger partial charge in [-0.3, -0.25) is 4.79 Å². The standard InChI is InChI=1S/C16H26O3/c1-11(10-17)9-13-14(16(13,2)3)15(18)19-12-7-5-4-6-8-12/h9,12-14,17H,4-8,10H2,1-3H3. The fourth-order valence-corrected chi connectivity index (χ4v) is 3.22. The van der Waals surface area contributed by atoms with Gasteiger partial charge in [-0.2, -0.15) is 0 Å². The Bertz CT molecular complexity index is 364. The molecule has 0 aromatic rings. The van der Waals surface area contributed by atoms with Crippen LogP contribution in [0.5, 0.6) is 0 Å². The Kier molecular flexibility index (Phi) is 4.34. The van der Waals surface area contributed by atoms with Crippen LogP contribution in [0.15, 0.2) is 11.6 Å². The summed E-state index contributed by atoms with van der Waals surface area (Å²) in [6.45, 7) is 6.17. The van der Waals surface area contributed by atoms with E-state index in [2.05, 4.69) is 13.8 Å². The first-order valence-electron chi connectivity index (χ1n) is 7.45. The van der Waals surface area contributed by atoms with E-state index < -0.39 is 0 Å². The van der Waals surface area contributed by atoms with Crippen LogP contribution in [0.1, 0.15) is 52.9 Å². The number of carbonyl (C=O) groups excluding carboxylic acids is 1. The van der Waals surface area contributed by atoms with E-state index in [4.69, 9.17) is 9.84 Å². The molecule has 2 saturated carbocycles. The smallest absolute Gasteiger partial charge is 0.310 e. The summed E-state index contributed by atoms with van der Waals surface area (Å²) in [5.41, 5.74) is 0.911. The zero-order valence-corrected chi connectivity index (χ0v) is 12.3. The van der Waals surface area contributed by atoms with Crippen molar-refractivity contribution in [3.05, 3.63) is 11.6 Å². The zero-order chi connectivity index (χ0) is 14.0. The van der Waals surface area contributed by atoms with E-state index in [1.807, 2.05) is 13.0 Å². The van der Waals surface area contributed by atoms with E-state index >= 15 is 0 Å². The summed E-state index contributed by atoms with van der Waals surface area (Å²) in [5, 5.41) is 9.08. The Labute approximate surface area is 116 Å². The number of hydrogen-bond donors (Lipinski definition) is 1. The van der Waals surface area contributed by atoms with Gasteiger partial charge in [0.15, 0.2) is 0 Å². The van der Waals surface area contributed by atoms with Gasteiger partial charge in [-0.15, -0.1) is 0 Å². The van der Waals surface area contributed by atoms with E-state index in [0.717, 1.165) is 18.4 Å². The second kappa shape index (κ2) is 5.66. The molecule has 3 heteroatoms. The Hall–Kier alpha value is -0.830. The second-order valence-corrected chi connectivity index (χ2v) is 6.69. The summed E-state index contributed by atoms with van der Waals surface area (Å²) in [7, 11) is 0. The molecular formula is C16H26O3. The molecule has 0 radical (unpaired) electrons. The molecule has 2 aliphatic rings. The van der Waals surface area contributed by atoms with E-state index in [1.54, 1.807) is 0 Å². The minimum absolute atomic E-state index is 0.0256. The number of allylic oxidation sites excluding steroid dienone is 1. The van der Waals surface area contributed by atoms with Gasteiger partial charge in [-0.25, -0.2) is 0 Å². The largest absolute Gasteiger partial charge is 0.462 e. The van der Waals surface area contributed by atoms with E-state index in [1.165, 1.54) is 19.3 Å². The molecule has 2 rings (SSSR count). The molecule has 2 atom stereocenters. The third-order valence-corrected chi connectivity index (χ3v) is 4.71. The van der Waals surface area contributed by atoms with Crippen molar-refractivity contribution in [3.63, 3.8) is 0 Å². The van der Waals surface area contributed by atoms with Crippen LogP contribution >= 0.6 is 0 Å². The third-order valence-electron chi connectivity index (χ3n) is 4.71. The van der Waals surface area contributed by atoms with Gasteiger partial charge in [0, 0.05) is 0 Å². The molecule has 108 valence electrons. The zero-order valence-electron chi connectivity index (χ0n) is 12.3. The Morgan fingerprint density at radius 1 is 1.32 bits per heavy atom. The molecule has 0 aliphatic heterocycles. The summed E-state index contributed by atoms with van der Waals surface area (Å²) in [6.07, 6.45) is 7.85. The number of hydrogen-bond acceptors (Lipinski definition) is 3. The fourth-order valence-electron chi connectivity index (χ4n) is 3.22. The molecule has 0 aromatic carbocycles. The van der Waals surface area contributed by atoms with Gasteiger partial charge in [0.2, 0.25) is 0 Å². The number of esters is 1. The number of aliphatic hydroxyl groups is 1. The number of rotatable bonds is 4. The molecule has 0 amide bonds. The second-order valence-electron chi connectivity index (χ2n) is 6.69. The van der Waals surface area contributed by atoms with Crippen molar-refractivity contribution in [2.24, 2.45) is 17.3 Å². The van der Waals surface area contributed by atoms with Crippen molar-refractivity contribution in [1.29, 1.82) is 0 Å². The van der Waals surface area contributed by atoms with Crippen LogP contribution in [0.2, 0.25) is 0 Å². The van der Waals surface area contributed by atoms with Crippen molar-refractivity contribution in [2.45, 2.75) is 59.0 Å². The van der Waals surface area contributed by atoms with Crippen LogP contribution in [-0.4, -0.2) is 23.8 Å². The number of ether oxygens (including phenoxy) is 1.